The lowest BCUT2D eigenvalue weighted by molar-refractivity contribution is -0.143. The summed E-state index contributed by atoms with van der Waals surface area (Å²) >= 11 is 0. The van der Waals surface area contributed by atoms with E-state index in [2.05, 4.69) is 43.5 Å². The number of nitrogens with one attached hydrogen (secondary N) is 1. The third-order valence-corrected chi connectivity index (χ3v) is 15.3. The fraction of sp³-hybridized carbons (Fsp3) is 0.909. The molecule has 0 aromatic carbocycles. The van der Waals surface area contributed by atoms with Crippen LogP contribution >= 0.6 is 0 Å². The molecule has 0 radical (unpaired) electrons. The number of allylic oxidation sites excluding steroid dienone is 4. The first-order valence-electron chi connectivity index (χ1n) is 32.6. The van der Waals surface area contributed by atoms with E-state index < -0.39 is 12.1 Å². The molecule has 0 saturated heterocycles. The van der Waals surface area contributed by atoms with Crippen molar-refractivity contribution < 1.29 is 24.5 Å². The van der Waals surface area contributed by atoms with E-state index in [0.717, 1.165) is 51.4 Å². The van der Waals surface area contributed by atoms with E-state index in [-0.39, 0.29) is 18.5 Å². The molecule has 0 saturated carbocycles. The van der Waals surface area contributed by atoms with Crippen molar-refractivity contribution in [2.24, 2.45) is 0 Å². The first-order valence-corrected chi connectivity index (χ1v) is 32.6. The van der Waals surface area contributed by atoms with Gasteiger partial charge in [0, 0.05) is 12.8 Å². The van der Waals surface area contributed by atoms with Crippen LogP contribution in [0.15, 0.2) is 24.3 Å². The number of ether oxygens (including phenoxy) is 1. The summed E-state index contributed by atoms with van der Waals surface area (Å²) < 4.78 is 5.49. The molecule has 0 spiro atoms. The second-order valence-corrected chi connectivity index (χ2v) is 22.5. The number of aliphatic hydroxyl groups is 2. The van der Waals surface area contributed by atoms with Crippen molar-refractivity contribution >= 4 is 11.9 Å². The second-order valence-electron chi connectivity index (χ2n) is 22.5. The monoisotopic (exact) mass is 1010 g/mol. The van der Waals surface area contributed by atoms with Gasteiger partial charge < -0.3 is 20.3 Å². The highest BCUT2D eigenvalue weighted by molar-refractivity contribution is 5.76. The number of hydrogen-bond acceptors (Lipinski definition) is 5. The molecule has 0 rings (SSSR count). The molecule has 0 aliphatic carbocycles. The summed E-state index contributed by atoms with van der Waals surface area (Å²) in [7, 11) is 0. The zero-order valence-electron chi connectivity index (χ0n) is 48.7. The Morgan fingerprint density at radius 3 is 1.08 bits per heavy atom. The number of amides is 1. The summed E-state index contributed by atoms with van der Waals surface area (Å²) in [4.78, 5) is 24.6. The minimum atomic E-state index is -0.663. The van der Waals surface area contributed by atoms with E-state index in [1.807, 2.05) is 0 Å². The van der Waals surface area contributed by atoms with Crippen molar-refractivity contribution in [3.8, 4) is 0 Å². The van der Waals surface area contributed by atoms with Crippen molar-refractivity contribution in [1.29, 1.82) is 0 Å². The van der Waals surface area contributed by atoms with Crippen LogP contribution in [0, 0.1) is 0 Å². The van der Waals surface area contributed by atoms with Gasteiger partial charge in [-0.1, -0.05) is 314 Å². The van der Waals surface area contributed by atoms with Crippen LogP contribution in [-0.4, -0.2) is 47.4 Å². The van der Waals surface area contributed by atoms with Crippen molar-refractivity contribution in [2.75, 3.05) is 13.2 Å². The Bertz CT molecular complexity index is 1120. The van der Waals surface area contributed by atoms with Crippen LogP contribution in [0.1, 0.15) is 361 Å². The maximum atomic E-state index is 12.5. The van der Waals surface area contributed by atoms with Crippen LogP contribution in [-0.2, 0) is 14.3 Å². The highest BCUT2D eigenvalue weighted by atomic mass is 16.5. The molecule has 0 fully saturated rings. The van der Waals surface area contributed by atoms with Gasteiger partial charge in [0.2, 0.25) is 5.91 Å². The van der Waals surface area contributed by atoms with Gasteiger partial charge in [-0.2, -0.15) is 0 Å². The van der Waals surface area contributed by atoms with E-state index in [1.54, 1.807) is 0 Å². The third-order valence-electron chi connectivity index (χ3n) is 15.3. The lowest BCUT2D eigenvalue weighted by Gasteiger charge is -2.22. The van der Waals surface area contributed by atoms with Gasteiger partial charge in [-0.3, -0.25) is 9.59 Å². The molecule has 2 unspecified atom stereocenters. The Balaban J connectivity index is 3.36. The molecule has 0 aromatic rings. The number of rotatable bonds is 61. The minimum Gasteiger partial charge on any atom is -0.466 e. The molecule has 0 aliphatic heterocycles. The quantitative estimate of drug-likeness (QED) is 0.0320. The highest BCUT2D eigenvalue weighted by Gasteiger charge is 2.20. The number of aliphatic hydroxyl groups excluding tert-OH is 2. The Labute approximate surface area is 450 Å². The normalized spacial score (nSPS) is 12.7. The number of carbonyl (C=O) groups is 2. The van der Waals surface area contributed by atoms with Crippen LogP contribution in [0.4, 0.5) is 0 Å². The molecule has 2 atom stereocenters. The fourth-order valence-corrected chi connectivity index (χ4v) is 10.3. The van der Waals surface area contributed by atoms with Gasteiger partial charge in [-0.25, -0.2) is 0 Å². The van der Waals surface area contributed by atoms with Crippen LogP contribution in [0.5, 0.6) is 0 Å². The summed E-state index contributed by atoms with van der Waals surface area (Å²) in [5, 5.41) is 23.3. The van der Waals surface area contributed by atoms with Crippen molar-refractivity contribution in [2.45, 2.75) is 373 Å². The molecule has 3 N–H and O–H groups in total. The fourth-order valence-electron chi connectivity index (χ4n) is 10.3. The van der Waals surface area contributed by atoms with Gasteiger partial charge >= 0.3 is 5.97 Å². The second kappa shape index (κ2) is 61.9. The predicted octanol–water partition coefficient (Wildman–Crippen LogP) is 20.6. The van der Waals surface area contributed by atoms with Gasteiger partial charge in [-0.05, 0) is 57.8 Å². The molecule has 72 heavy (non-hydrogen) atoms. The number of unbranched alkanes of at least 4 members (excludes halogenated alkanes) is 46. The van der Waals surface area contributed by atoms with Crippen molar-refractivity contribution in [3.05, 3.63) is 24.3 Å². The van der Waals surface area contributed by atoms with Crippen molar-refractivity contribution in [3.63, 3.8) is 0 Å². The standard InChI is InChI=1S/C66H127NO5/c1-3-5-7-9-11-13-15-17-19-27-32-36-40-44-48-52-56-60-66(71)72-61-57-53-49-45-41-37-33-29-26-24-22-20-21-23-25-28-31-35-39-43-47-51-55-59-65(70)67-63(62-68)64(69)58-54-50-46-42-38-34-30-18-16-14-12-10-8-6-4-2/h11,13,17,19,63-64,68-69H,3-10,12,14-16,18,20-62H2,1-2H3,(H,67,70)/b13-11-,19-17-. The lowest BCUT2D eigenvalue weighted by atomic mass is 10.0. The summed E-state index contributed by atoms with van der Waals surface area (Å²) in [5.74, 6) is -0.0249. The molecular weight excluding hydrogens is 887 g/mol. The van der Waals surface area contributed by atoms with Crippen LogP contribution in [0.25, 0.3) is 0 Å². The summed E-state index contributed by atoms with van der Waals surface area (Å²) in [5.41, 5.74) is 0. The maximum absolute atomic E-state index is 12.5. The smallest absolute Gasteiger partial charge is 0.305 e. The number of esters is 1. The molecule has 6 nitrogen and oxygen atoms in total. The predicted molar refractivity (Wildman–Crippen MR) is 315 cm³/mol. The summed E-state index contributed by atoms with van der Waals surface area (Å²) in [6, 6.07) is -0.541. The Morgan fingerprint density at radius 1 is 0.389 bits per heavy atom. The van der Waals surface area contributed by atoms with Gasteiger partial charge in [0.1, 0.15) is 0 Å². The van der Waals surface area contributed by atoms with Gasteiger partial charge in [0.25, 0.3) is 0 Å². The van der Waals surface area contributed by atoms with E-state index in [1.165, 1.54) is 276 Å². The Hall–Kier alpha value is -1.66. The first kappa shape index (κ1) is 70.3. The molecule has 0 heterocycles. The van der Waals surface area contributed by atoms with Gasteiger partial charge in [-0.15, -0.1) is 0 Å². The van der Waals surface area contributed by atoms with Crippen LogP contribution in [0.3, 0.4) is 0 Å². The molecule has 0 aromatic heterocycles. The largest absolute Gasteiger partial charge is 0.466 e. The molecule has 0 aliphatic rings. The minimum absolute atomic E-state index is 0.00723. The Morgan fingerprint density at radius 2 is 0.694 bits per heavy atom. The molecule has 6 heteroatoms. The van der Waals surface area contributed by atoms with Crippen molar-refractivity contribution in [1.82, 2.24) is 5.32 Å². The van der Waals surface area contributed by atoms with Crippen LogP contribution in [0.2, 0.25) is 0 Å². The number of carbonyl (C=O) groups excluding carboxylic acids is 2. The van der Waals surface area contributed by atoms with E-state index in [0.29, 0.717) is 25.9 Å². The summed E-state index contributed by atoms with van der Waals surface area (Å²) in [6.07, 6.45) is 76.2. The number of hydrogen-bond donors (Lipinski definition) is 3. The average molecular weight is 1010 g/mol. The maximum Gasteiger partial charge on any atom is 0.305 e. The first-order chi connectivity index (χ1) is 35.5. The molecule has 426 valence electrons. The topological polar surface area (TPSA) is 95.9 Å². The Kier molecular flexibility index (Phi) is 60.5. The summed E-state index contributed by atoms with van der Waals surface area (Å²) in [6.45, 7) is 4.95. The van der Waals surface area contributed by atoms with Crippen LogP contribution < -0.4 is 5.32 Å². The molecular formula is C66H127NO5. The zero-order valence-corrected chi connectivity index (χ0v) is 48.7. The SMILES string of the molecule is CCCCC/C=C\C/C=C\CCCCCCCCCC(=O)OCCCCCCCCCCCCCCCCCCCCCCCCCC(=O)NC(CO)C(O)CCCCCCCCCCCCCCCCC. The van der Waals surface area contributed by atoms with Gasteiger partial charge in [0.15, 0.2) is 0 Å². The van der Waals surface area contributed by atoms with Gasteiger partial charge in [0.05, 0.1) is 25.4 Å². The third kappa shape index (κ3) is 57.6. The van der Waals surface area contributed by atoms with E-state index >= 15 is 0 Å². The molecule has 1 amide bonds. The molecule has 0 bridgehead atoms. The highest BCUT2D eigenvalue weighted by Crippen LogP contribution is 2.18. The average Bonchev–Trinajstić information content (AvgIpc) is 3.38. The van der Waals surface area contributed by atoms with E-state index in [9.17, 15) is 19.8 Å². The zero-order chi connectivity index (χ0) is 52.2. The van der Waals surface area contributed by atoms with E-state index in [4.69, 9.17) is 4.74 Å². The lowest BCUT2D eigenvalue weighted by Crippen LogP contribution is -2.45.